The van der Waals surface area contributed by atoms with Crippen LogP contribution in [0.4, 0.5) is 28.1 Å². The van der Waals surface area contributed by atoms with E-state index in [2.05, 4.69) is 35.8 Å². The fraction of sp³-hybridized carbons (Fsp3) is 0.280. The molecule has 0 saturated carbocycles. The Bertz CT molecular complexity index is 1710. The number of carbonyl (C=O) groups is 2. The molecule has 1 aromatic carbocycles. The Balaban J connectivity index is 1.17. The Kier molecular flexibility index (Phi) is 10.2. The molecule has 0 fully saturated rings. The molecule has 3 N–H and O–H groups in total. The van der Waals surface area contributed by atoms with Gasteiger partial charge in [-0.15, -0.1) is 13.2 Å². The number of hydrogen-bond acceptors (Lipinski definition) is 9. The van der Waals surface area contributed by atoms with Crippen LogP contribution in [0.25, 0.3) is 0 Å². The summed E-state index contributed by atoms with van der Waals surface area (Å²) >= 11 is -0.330. The van der Waals surface area contributed by atoms with Gasteiger partial charge in [0.2, 0.25) is 0 Å². The van der Waals surface area contributed by atoms with Crippen molar-refractivity contribution in [1.29, 1.82) is 0 Å². The summed E-state index contributed by atoms with van der Waals surface area (Å²) in [7, 11) is 0. The zero-order valence-electron chi connectivity index (χ0n) is 22.0. The topological polar surface area (TPSA) is 174 Å². The number of nitrogens with zero attached hydrogens (tertiary/aromatic N) is 5. The predicted molar refractivity (Wildman–Crippen MR) is 143 cm³/mol. The predicted octanol–water partition coefficient (Wildman–Crippen LogP) is 1.60. The number of aromatic amines is 1. The maximum atomic E-state index is 13.4. The summed E-state index contributed by atoms with van der Waals surface area (Å²) in [5, 5.41) is 21.1. The molecule has 2 amide bonds. The minimum absolute atomic E-state index is 0.186. The van der Waals surface area contributed by atoms with Crippen molar-refractivity contribution < 1.29 is 31.9 Å². The number of aromatic nitrogens is 6. The molecule has 0 atom stereocenters. The summed E-state index contributed by atoms with van der Waals surface area (Å²) in [4.78, 5) is 49.0. The van der Waals surface area contributed by atoms with Crippen LogP contribution in [0, 0.1) is 5.82 Å². The van der Waals surface area contributed by atoms with E-state index in [0.717, 1.165) is 34.1 Å². The summed E-state index contributed by atoms with van der Waals surface area (Å²) in [6.07, 6.45) is -1.64. The van der Waals surface area contributed by atoms with Crippen molar-refractivity contribution in [3.63, 3.8) is 0 Å². The monoisotopic (exact) mass is 670 g/mol. The Labute approximate surface area is 245 Å². The van der Waals surface area contributed by atoms with E-state index in [1.54, 1.807) is 17.1 Å². The number of ether oxygens (including phenoxy) is 1. The third-order valence-corrected chi connectivity index (χ3v) is 7.44. The fourth-order valence-corrected chi connectivity index (χ4v) is 5.36. The molecule has 4 aromatic rings. The molecule has 0 aliphatic carbocycles. The number of alkyl halides is 3. The number of rotatable bonds is 12. The van der Waals surface area contributed by atoms with Crippen LogP contribution in [0.3, 0.4) is 0 Å². The summed E-state index contributed by atoms with van der Waals surface area (Å²) in [5.41, 5.74) is -1.06. The van der Waals surface area contributed by atoms with E-state index in [4.69, 9.17) is 0 Å². The van der Waals surface area contributed by atoms with Crippen LogP contribution in [0.15, 0.2) is 52.2 Å². The molecule has 0 aliphatic rings. The second-order valence-corrected chi connectivity index (χ2v) is 11.2. The van der Waals surface area contributed by atoms with Gasteiger partial charge in [-0.25, -0.2) is 0 Å². The fourth-order valence-electron chi connectivity index (χ4n) is 3.69. The Morgan fingerprint density at radius 3 is 2.51 bits per heavy atom. The molecule has 226 valence electrons. The summed E-state index contributed by atoms with van der Waals surface area (Å²) in [6, 6.07) is 8.41. The number of unbranched alkanes of at least 4 members (excludes halogenated alkanes) is 1. The molecule has 18 heteroatoms. The molecule has 3 aromatic heterocycles. The van der Waals surface area contributed by atoms with Crippen LogP contribution in [0.5, 0.6) is 5.75 Å². The minimum atomic E-state index is -4.83. The number of carbonyl (C=O) groups excluding carboxylic acids is 2. The van der Waals surface area contributed by atoms with Gasteiger partial charge in [0, 0.05) is 0 Å². The number of halogens is 4. The first kappa shape index (κ1) is 31.2. The van der Waals surface area contributed by atoms with Crippen molar-refractivity contribution in [3.8, 4) is 5.75 Å². The van der Waals surface area contributed by atoms with Crippen LogP contribution in [0.2, 0.25) is 0 Å². The second kappa shape index (κ2) is 14.0. The van der Waals surface area contributed by atoms with Crippen molar-refractivity contribution in [1.82, 2.24) is 29.9 Å². The molecule has 43 heavy (non-hydrogen) atoms. The second-order valence-electron chi connectivity index (χ2n) is 8.95. The first-order valence-corrected chi connectivity index (χ1v) is 14.2. The van der Waals surface area contributed by atoms with E-state index in [0.29, 0.717) is 35.0 Å². The number of anilines is 2. The third kappa shape index (κ3) is 9.96. The van der Waals surface area contributed by atoms with Crippen LogP contribution in [-0.4, -0.2) is 62.6 Å². The Hall–Kier alpha value is -4.70. The van der Waals surface area contributed by atoms with Crippen molar-refractivity contribution in [2.75, 3.05) is 10.6 Å². The first-order chi connectivity index (χ1) is 20.4. The van der Waals surface area contributed by atoms with Crippen LogP contribution in [-0.2, 0) is 35.4 Å². The molecule has 0 bridgehead atoms. The van der Waals surface area contributed by atoms with Gasteiger partial charge in [0.05, 0.1) is 0 Å². The molecule has 0 saturated heterocycles. The van der Waals surface area contributed by atoms with Crippen LogP contribution in [0.1, 0.15) is 28.7 Å². The van der Waals surface area contributed by atoms with Gasteiger partial charge in [0.1, 0.15) is 5.75 Å². The van der Waals surface area contributed by atoms with E-state index >= 15 is 0 Å². The molecule has 0 unspecified atom stereocenters. The molecule has 0 aliphatic heterocycles. The normalized spacial score (nSPS) is 11.3. The van der Waals surface area contributed by atoms with Gasteiger partial charge >= 0.3 is 192 Å². The van der Waals surface area contributed by atoms with E-state index in [9.17, 15) is 36.7 Å². The van der Waals surface area contributed by atoms with Gasteiger partial charge in [-0.3, -0.25) is 0 Å². The Morgan fingerprint density at radius 2 is 1.77 bits per heavy atom. The first-order valence-electron chi connectivity index (χ1n) is 12.5. The number of benzene rings is 1. The molecular formula is C25H22F4N8O5Se. The number of amides is 2. The molecule has 3 heterocycles. The summed E-state index contributed by atoms with van der Waals surface area (Å²) < 4.78 is 56.3. The third-order valence-electron chi connectivity index (χ3n) is 5.55. The summed E-state index contributed by atoms with van der Waals surface area (Å²) in [5.74, 6) is -2.51. The van der Waals surface area contributed by atoms with Gasteiger partial charge in [-0.1, -0.05) is 12.1 Å². The van der Waals surface area contributed by atoms with E-state index in [1.165, 1.54) is 12.1 Å². The summed E-state index contributed by atoms with van der Waals surface area (Å²) in [6.45, 7) is -0.505. The van der Waals surface area contributed by atoms with Crippen molar-refractivity contribution >= 4 is 36.8 Å². The standard InChI is InChI=1S/C25H22F4N8O5Se/c26-17-12-37(24(41)32-22(17)40)13-20(39)31-23-36-35-21(43-23)7-2-1-5-15-8-9-18(34-33-15)30-19(38)11-14-4-3-6-16(10-14)42-25(27,28)29/h3-4,6,8-10,12H,1-2,5,7,11,13H2,(H,30,34,38)(H,31,36,39)(H,32,40,41). The number of nitrogens with one attached hydrogen (secondary N) is 3. The quantitative estimate of drug-likeness (QED) is 0.115. The van der Waals surface area contributed by atoms with Gasteiger partial charge < -0.3 is 4.74 Å². The van der Waals surface area contributed by atoms with E-state index in [-0.39, 0.29) is 26.7 Å². The SMILES string of the molecule is O=C(Cc1cccc(OC(F)(F)F)c1)Nc1ccc(CCCCc2nnc(NC(=O)Cn3cc(F)c(=O)[nH]c3=O)[se]2)nn1. The van der Waals surface area contributed by atoms with E-state index < -0.39 is 47.5 Å². The van der Waals surface area contributed by atoms with Crippen LogP contribution < -0.4 is 26.6 Å². The van der Waals surface area contributed by atoms with Crippen molar-refractivity contribution in [2.24, 2.45) is 0 Å². The van der Waals surface area contributed by atoms with Gasteiger partial charge in [-0.2, -0.15) is 0 Å². The van der Waals surface area contributed by atoms with Crippen molar-refractivity contribution in [3.05, 3.63) is 85.1 Å². The number of H-pyrrole nitrogens is 1. The van der Waals surface area contributed by atoms with Gasteiger partial charge in [0.25, 0.3) is 0 Å². The molecular weight excluding hydrogens is 647 g/mol. The average Bonchev–Trinajstić information content (AvgIpc) is 3.36. The molecule has 13 nitrogen and oxygen atoms in total. The van der Waals surface area contributed by atoms with Gasteiger partial charge in [-0.05, 0) is 17.7 Å². The van der Waals surface area contributed by atoms with Crippen LogP contribution >= 0.6 is 0 Å². The zero-order chi connectivity index (χ0) is 31.0. The van der Waals surface area contributed by atoms with Gasteiger partial charge in [0.15, 0.2) is 0 Å². The maximum absolute atomic E-state index is 13.4. The molecule has 4 rings (SSSR count). The molecule has 0 radical (unpaired) electrons. The Morgan fingerprint density at radius 1 is 0.977 bits per heavy atom. The van der Waals surface area contributed by atoms with E-state index in [1.807, 2.05) is 0 Å². The number of aryl methyl sites for hydroxylation is 2. The average molecular weight is 669 g/mol. The molecule has 0 spiro atoms. The van der Waals surface area contributed by atoms with Crippen molar-refractivity contribution in [2.45, 2.75) is 45.0 Å². The number of hydrogen-bond donors (Lipinski definition) is 3. The zero-order valence-corrected chi connectivity index (χ0v) is 23.7.